The molecule has 0 saturated heterocycles. The van der Waals surface area contributed by atoms with E-state index in [4.69, 9.17) is 11.6 Å². The minimum atomic E-state index is -0.623. The molecule has 1 aliphatic rings. The van der Waals surface area contributed by atoms with E-state index in [1.54, 1.807) is 73.7 Å². The lowest BCUT2D eigenvalue weighted by Gasteiger charge is -2.16. The predicted octanol–water partition coefficient (Wildman–Crippen LogP) is 4.95. The fourth-order valence-electron chi connectivity index (χ4n) is 3.62. The molecule has 4 amide bonds. The molecule has 4 rings (SSSR count). The van der Waals surface area contributed by atoms with E-state index in [0.29, 0.717) is 28.3 Å². The van der Waals surface area contributed by atoms with Gasteiger partial charge in [0.2, 0.25) is 5.91 Å². The lowest BCUT2D eigenvalue weighted by Crippen LogP contribution is -2.32. The number of rotatable bonds is 6. The largest absolute Gasteiger partial charge is 0.349 e. The van der Waals surface area contributed by atoms with Gasteiger partial charge in [-0.25, -0.2) is 4.90 Å². The molecule has 3 N–H and O–H groups in total. The summed E-state index contributed by atoms with van der Waals surface area (Å²) < 4.78 is 0. The maximum absolute atomic E-state index is 13.1. The maximum Gasteiger partial charge on any atom is 0.283 e. The van der Waals surface area contributed by atoms with Crippen LogP contribution >= 0.6 is 11.6 Å². The van der Waals surface area contributed by atoms with Crippen LogP contribution in [0.15, 0.2) is 77.5 Å². The maximum atomic E-state index is 13.1. The third kappa shape index (κ3) is 5.13. The number of halogens is 1. The molecule has 0 saturated carbocycles. The van der Waals surface area contributed by atoms with Gasteiger partial charge in [0, 0.05) is 29.5 Å². The Hall–Kier alpha value is -4.43. The van der Waals surface area contributed by atoms with E-state index in [2.05, 4.69) is 16.0 Å². The van der Waals surface area contributed by atoms with Gasteiger partial charge < -0.3 is 16.0 Å². The van der Waals surface area contributed by atoms with Crippen LogP contribution in [0.1, 0.15) is 28.4 Å². The summed E-state index contributed by atoms with van der Waals surface area (Å²) in [7, 11) is 0. The number of anilines is 4. The Morgan fingerprint density at radius 1 is 0.806 bits per heavy atom. The molecule has 0 aromatic heterocycles. The van der Waals surface area contributed by atoms with Gasteiger partial charge in [-0.1, -0.05) is 35.4 Å². The van der Waals surface area contributed by atoms with E-state index in [1.807, 2.05) is 6.92 Å². The van der Waals surface area contributed by atoms with Crippen molar-refractivity contribution in [2.45, 2.75) is 20.8 Å². The molecule has 9 heteroatoms. The van der Waals surface area contributed by atoms with E-state index >= 15 is 0 Å². The number of amides is 4. The lowest BCUT2D eigenvalue weighted by molar-refractivity contribution is -0.120. The van der Waals surface area contributed by atoms with Crippen LogP contribution in [0.5, 0.6) is 0 Å². The Kier molecular flexibility index (Phi) is 6.89. The summed E-state index contributed by atoms with van der Waals surface area (Å²) in [6, 6.07) is 18.6. The predicted molar refractivity (Wildman–Crippen MR) is 140 cm³/mol. The summed E-state index contributed by atoms with van der Waals surface area (Å²) in [6.45, 7) is 5.12. The molecule has 0 atom stereocenters. The number of hydrogen-bond acceptors (Lipinski definition) is 5. The average molecular weight is 503 g/mol. The highest BCUT2D eigenvalue weighted by atomic mass is 35.5. The number of carbonyl (C=O) groups is 4. The number of imide groups is 1. The van der Waals surface area contributed by atoms with Gasteiger partial charge in [-0.05, 0) is 67.9 Å². The van der Waals surface area contributed by atoms with Crippen molar-refractivity contribution in [1.29, 1.82) is 0 Å². The first-order chi connectivity index (χ1) is 17.1. The van der Waals surface area contributed by atoms with Crippen molar-refractivity contribution in [3.05, 3.63) is 94.1 Å². The first kappa shape index (κ1) is 24.7. The van der Waals surface area contributed by atoms with Crippen molar-refractivity contribution in [1.82, 2.24) is 0 Å². The SMILES string of the molecule is CC(=O)Nc1ccc(NC(=O)c2ccc(C)c(NC3=C(Cl)C(=O)N(c4ccc(C)cc4)C3=O)c2)cc1. The van der Waals surface area contributed by atoms with Crippen molar-refractivity contribution in [2.75, 3.05) is 20.9 Å². The van der Waals surface area contributed by atoms with Gasteiger partial charge in [0.1, 0.15) is 10.7 Å². The van der Waals surface area contributed by atoms with Crippen LogP contribution in [0.3, 0.4) is 0 Å². The van der Waals surface area contributed by atoms with Crippen molar-refractivity contribution < 1.29 is 19.2 Å². The summed E-state index contributed by atoms with van der Waals surface area (Å²) in [5, 5.41) is 8.17. The van der Waals surface area contributed by atoms with E-state index in [0.717, 1.165) is 16.0 Å². The first-order valence-corrected chi connectivity index (χ1v) is 11.4. The van der Waals surface area contributed by atoms with E-state index in [1.165, 1.54) is 6.92 Å². The zero-order chi connectivity index (χ0) is 26.0. The van der Waals surface area contributed by atoms with Crippen LogP contribution in [-0.2, 0) is 14.4 Å². The first-order valence-electron chi connectivity index (χ1n) is 11.1. The highest BCUT2D eigenvalue weighted by Crippen LogP contribution is 2.31. The van der Waals surface area contributed by atoms with Crippen molar-refractivity contribution in [3.8, 4) is 0 Å². The third-order valence-electron chi connectivity index (χ3n) is 5.54. The standard InChI is InChI=1S/C27H23ClN4O4/c1-15-4-12-21(13-5-15)32-26(35)23(28)24(27(32)36)31-22-14-18(7-6-16(22)2)25(34)30-20-10-8-19(9-11-20)29-17(3)33/h4-14,31H,1-3H3,(H,29,33)(H,30,34). The monoisotopic (exact) mass is 502 g/mol. The highest BCUT2D eigenvalue weighted by molar-refractivity contribution is 6.53. The Balaban J connectivity index is 1.52. The number of carbonyl (C=O) groups excluding carboxylic acids is 4. The molecule has 0 radical (unpaired) electrons. The molecule has 0 bridgehead atoms. The Bertz CT molecular complexity index is 1410. The Morgan fingerprint density at radius 3 is 2.03 bits per heavy atom. The number of nitrogens with zero attached hydrogens (tertiary/aromatic N) is 1. The van der Waals surface area contributed by atoms with E-state index in [-0.39, 0.29) is 22.5 Å². The fourth-order valence-corrected chi connectivity index (χ4v) is 3.83. The lowest BCUT2D eigenvalue weighted by atomic mass is 10.1. The van der Waals surface area contributed by atoms with Gasteiger partial charge >= 0.3 is 0 Å². The molecule has 3 aromatic carbocycles. The molecule has 8 nitrogen and oxygen atoms in total. The molecule has 0 aliphatic carbocycles. The van der Waals surface area contributed by atoms with Crippen LogP contribution < -0.4 is 20.9 Å². The number of aryl methyl sites for hydroxylation is 2. The van der Waals surface area contributed by atoms with Gasteiger partial charge in [-0.15, -0.1) is 0 Å². The summed E-state index contributed by atoms with van der Waals surface area (Å²) in [5.41, 5.74) is 4.04. The molecular formula is C27H23ClN4O4. The smallest absolute Gasteiger partial charge is 0.283 e. The molecule has 0 spiro atoms. The summed E-state index contributed by atoms with van der Waals surface area (Å²) in [6.07, 6.45) is 0. The van der Waals surface area contributed by atoms with Crippen molar-refractivity contribution >= 4 is 58.0 Å². The average Bonchev–Trinajstić information content (AvgIpc) is 3.05. The highest BCUT2D eigenvalue weighted by Gasteiger charge is 2.39. The summed E-state index contributed by atoms with van der Waals surface area (Å²) in [4.78, 5) is 50.8. The van der Waals surface area contributed by atoms with Crippen LogP contribution in [0, 0.1) is 13.8 Å². The molecule has 36 heavy (non-hydrogen) atoms. The minimum absolute atomic E-state index is 0.0588. The number of hydrogen-bond donors (Lipinski definition) is 3. The molecular weight excluding hydrogens is 480 g/mol. The summed E-state index contributed by atoms with van der Waals surface area (Å²) in [5.74, 6) is -1.77. The zero-order valence-electron chi connectivity index (χ0n) is 19.8. The number of benzene rings is 3. The van der Waals surface area contributed by atoms with Crippen molar-refractivity contribution in [2.24, 2.45) is 0 Å². The molecule has 0 fully saturated rings. The second-order valence-corrected chi connectivity index (χ2v) is 8.72. The second kappa shape index (κ2) is 10.1. The van der Waals surface area contributed by atoms with Crippen molar-refractivity contribution in [3.63, 3.8) is 0 Å². The minimum Gasteiger partial charge on any atom is -0.349 e. The van der Waals surface area contributed by atoms with E-state index in [9.17, 15) is 19.2 Å². The van der Waals surface area contributed by atoms with Gasteiger partial charge in [0.25, 0.3) is 17.7 Å². The van der Waals surface area contributed by atoms with Gasteiger partial charge in [0.15, 0.2) is 0 Å². The zero-order valence-corrected chi connectivity index (χ0v) is 20.6. The topological polar surface area (TPSA) is 108 Å². The Morgan fingerprint density at radius 2 is 1.42 bits per heavy atom. The van der Waals surface area contributed by atoms with Crippen LogP contribution in [0.25, 0.3) is 0 Å². The fraction of sp³-hybridized carbons (Fsp3) is 0.111. The molecule has 3 aromatic rings. The quantitative estimate of drug-likeness (QED) is 0.413. The van der Waals surface area contributed by atoms with Gasteiger partial charge in [-0.2, -0.15) is 0 Å². The molecule has 0 unspecified atom stereocenters. The Labute approximate surface area is 212 Å². The molecule has 182 valence electrons. The number of nitrogens with one attached hydrogen (secondary N) is 3. The van der Waals surface area contributed by atoms with E-state index < -0.39 is 11.8 Å². The van der Waals surface area contributed by atoms with Crippen LogP contribution in [0.4, 0.5) is 22.7 Å². The third-order valence-corrected chi connectivity index (χ3v) is 5.89. The summed E-state index contributed by atoms with van der Waals surface area (Å²) >= 11 is 6.26. The van der Waals surface area contributed by atoms with Crippen LogP contribution in [0.2, 0.25) is 0 Å². The second-order valence-electron chi connectivity index (χ2n) is 8.34. The molecule has 1 heterocycles. The van der Waals surface area contributed by atoms with Crippen LogP contribution in [-0.4, -0.2) is 23.6 Å². The van der Waals surface area contributed by atoms with Gasteiger partial charge in [0.05, 0.1) is 5.69 Å². The van der Waals surface area contributed by atoms with Gasteiger partial charge in [-0.3, -0.25) is 19.2 Å². The molecule has 1 aliphatic heterocycles. The normalized spacial score (nSPS) is 13.2.